The third-order valence-corrected chi connectivity index (χ3v) is 7.38. The number of hydrogen-bond donors (Lipinski definition) is 1. The molecule has 1 amide bonds. The zero-order valence-electron chi connectivity index (χ0n) is 17.1. The molecule has 0 saturated carbocycles. The number of nitrogens with zero attached hydrogens (tertiary/aromatic N) is 1. The fraction of sp³-hybridized carbons (Fsp3) is 0.292. The first kappa shape index (κ1) is 21.3. The number of piperidine rings is 1. The molecule has 4 rings (SSSR count). The van der Waals surface area contributed by atoms with E-state index in [-0.39, 0.29) is 34.0 Å². The van der Waals surface area contributed by atoms with Gasteiger partial charge in [0.25, 0.3) is 5.91 Å². The number of aliphatic hydroxyl groups is 1. The number of amides is 1. The highest BCUT2D eigenvalue weighted by Crippen LogP contribution is 2.31. The van der Waals surface area contributed by atoms with Crippen LogP contribution in [0.5, 0.6) is 0 Å². The SMILES string of the molecule is O=C(c1ccc(CS(=O)(=O)c2ccccc2)o1)N1CCC([C@H](O)c2ccccc2)CC1. The van der Waals surface area contributed by atoms with E-state index in [1.54, 1.807) is 41.3 Å². The summed E-state index contributed by atoms with van der Waals surface area (Å²) in [4.78, 5) is 14.7. The first-order valence-corrected chi connectivity index (χ1v) is 12.0. The molecule has 0 aliphatic carbocycles. The van der Waals surface area contributed by atoms with Crippen LogP contribution in [0.2, 0.25) is 0 Å². The zero-order valence-corrected chi connectivity index (χ0v) is 17.9. The molecule has 1 aromatic heterocycles. The molecule has 2 aromatic carbocycles. The van der Waals surface area contributed by atoms with E-state index in [0.29, 0.717) is 25.9 Å². The van der Waals surface area contributed by atoms with Gasteiger partial charge in [0, 0.05) is 13.1 Å². The average molecular weight is 440 g/mol. The summed E-state index contributed by atoms with van der Waals surface area (Å²) in [5, 5.41) is 10.6. The van der Waals surface area contributed by atoms with Gasteiger partial charge in [-0.15, -0.1) is 0 Å². The van der Waals surface area contributed by atoms with Crippen LogP contribution in [0.15, 0.2) is 82.1 Å². The number of likely N-dealkylation sites (tertiary alicyclic amines) is 1. The number of carbonyl (C=O) groups is 1. The quantitative estimate of drug-likeness (QED) is 0.631. The lowest BCUT2D eigenvalue weighted by molar-refractivity contribution is 0.0442. The second-order valence-corrected chi connectivity index (χ2v) is 9.81. The molecule has 3 aromatic rings. The Morgan fingerprint density at radius 2 is 1.58 bits per heavy atom. The van der Waals surface area contributed by atoms with E-state index >= 15 is 0 Å². The molecule has 1 N–H and O–H groups in total. The van der Waals surface area contributed by atoms with Gasteiger partial charge in [0.15, 0.2) is 15.6 Å². The van der Waals surface area contributed by atoms with E-state index < -0.39 is 15.9 Å². The van der Waals surface area contributed by atoms with E-state index in [4.69, 9.17) is 4.42 Å². The van der Waals surface area contributed by atoms with Crippen molar-refractivity contribution in [2.45, 2.75) is 29.6 Å². The smallest absolute Gasteiger partial charge is 0.289 e. The Bertz CT molecular complexity index is 1120. The van der Waals surface area contributed by atoms with Crippen LogP contribution in [-0.2, 0) is 15.6 Å². The van der Waals surface area contributed by atoms with Crippen molar-refractivity contribution in [1.82, 2.24) is 4.90 Å². The molecule has 31 heavy (non-hydrogen) atoms. The first-order chi connectivity index (χ1) is 14.9. The molecule has 6 nitrogen and oxygen atoms in total. The molecule has 0 radical (unpaired) electrons. The summed E-state index contributed by atoms with van der Waals surface area (Å²) in [5.41, 5.74) is 0.891. The van der Waals surface area contributed by atoms with Crippen LogP contribution >= 0.6 is 0 Å². The van der Waals surface area contributed by atoms with Crippen LogP contribution in [0.3, 0.4) is 0 Å². The molecular weight excluding hydrogens is 414 g/mol. The lowest BCUT2D eigenvalue weighted by Gasteiger charge is -2.34. The molecule has 162 valence electrons. The number of hydrogen-bond acceptors (Lipinski definition) is 5. The van der Waals surface area contributed by atoms with Crippen LogP contribution in [0.1, 0.15) is 40.8 Å². The summed E-state index contributed by atoms with van der Waals surface area (Å²) in [6, 6.07) is 20.8. The van der Waals surface area contributed by atoms with Crippen LogP contribution in [0.25, 0.3) is 0 Å². The number of carbonyl (C=O) groups excluding carboxylic acids is 1. The number of sulfone groups is 1. The second kappa shape index (κ2) is 9.08. The van der Waals surface area contributed by atoms with Crippen molar-refractivity contribution in [2.24, 2.45) is 5.92 Å². The molecule has 1 aliphatic rings. The monoisotopic (exact) mass is 439 g/mol. The minimum atomic E-state index is -3.54. The minimum absolute atomic E-state index is 0.0922. The van der Waals surface area contributed by atoms with Crippen LogP contribution < -0.4 is 0 Å². The number of rotatable bonds is 6. The molecule has 0 unspecified atom stereocenters. The summed E-state index contributed by atoms with van der Waals surface area (Å²) < 4.78 is 30.6. The van der Waals surface area contributed by atoms with Gasteiger partial charge in [-0.05, 0) is 48.6 Å². The van der Waals surface area contributed by atoms with Crippen molar-refractivity contribution in [3.63, 3.8) is 0 Å². The Morgan fingerprint density at radius 1 is 0.968 bits per heavy atom. The molecule has 1 aliphatic heterocycles. The van der Waals surface area contributed by atoms with Crippen LogP contribution in [0.4, 0.5) is 0 Å². The highest BCUT2D eigenvalue weighted by molar-refractivity contribution is 7.90. The predicted octanol–water partition coefficient (Wildman–Crippen LogP) is 3.84. The van der Waals surface area contributed by atoms with E-state index in [1.165, 1.54) is 6.07 Å². The van der Waals surface area contributed by atoms with Crippen molar-refractivity contribution in [3.8, 4) is 0 Å². The van der Waals surface area contributed by atoms with E-state index in [9.17, 15) is 18.3 Å². The molecule has 7 heteroatoms. The molecule has 1 fully saturated rings. The Balaban J connectivity index is 1.36. The highest BCUT2D eigenvalue weighted by atomic mass is 32.2. The lowest BCUT2D eigenvalue weighted by Crippen LogP contribution is -2.39. The Hall–Kier alpha value is -2.90. The molecule has 0 spiro atoms. The summed E-state index contributed by atoms with van der Waals surface area (Å²) in [6.45, 7) is 1.04. The first-order valence-electron chi connectivity index (χ1n) is 10.3. The molecule has 2 heterocycles. The number of benzene rings is 2. The normalized spacial score (nSPS) is 16.2. The van der Waals surface area contributed by atoms with Gasteiger partial charge in [-0.2, -0.15) is 0 Å². The summed E-state index contributed by atoms with van der Waals surface area (Å²) in [6.07, 6.45) is 0.840. The Morgan fingerprint density at radius 3 is 2.23 bits per heavy atom. The van der Waals surface area contributed by atoms with Gasteiger partial charge >= 0.3 is 0 Å². The van der Waals surface area contributed by atoms with Gasteiger partial charge in [-0.3, -0.25) is 4.79 Å². The topological polar surface area (TPSA) is 87.8 Å². The predicted molar refractivity (Wildman–Crippen MR) is 116 cm³/mol. The van der Waals surface area contributed by atoms with Crippen molar-refractivity contribution in [1.29, 1.82) is 0 Å². The van der Waals surface area contributed by atoms with Gasteiger partial charge < -0.3 is 14.4 Å². The maximum Gasteiger partial charge on any atom is 0.289 e. The highest BCUT2D eigenvalue weighted by Gasteiger charge is 2.30. The Kier molecular flexibility index (Phi) is 6.25. The van der Waals surface area contributed by atoms with Crippen molar-refractivity contribution in [2.75, 3.05) is 13.1 Å². The third-order valence-electron chi connectivity index (χ3n) is 5.72. The van der Waals surface area contributed by atoms with Crippen molar-refractivity contribution in [3.05, 3.63) is 89.9 Å². The van der Waals surface area contributed by atoms with Crippen molar-refractivity contribution >= 4 is 15.7 Å². The molecule has 1 atom stereocenters. The van der Waals surface area contributed by atoms with Crippen LogP contribution in [0, 0.1) is 5.92 Å². The summed E-state index contributed by atoms with van der Waals surface area (Å²) >= 11 is 0. The largest absolute Gasteiger partial charge is 0.455 e. The van der Waals surface area contributed by atoms with Gasteiger partial charge in [-0.1, -0.05) is 48.5 Å². The molecular formula is C24H25NO5S. The fourth-order valence-electron chi connectivity index (χ4n) is 3.97. The Labute approximate surface area is 182 Å². The van der Waals surface area contributed by atoms with Crippen molar-refractivity contribution < 1.29 is 22.7 Å². The van der Waals surface area contributed by atoms with Gasteiger partial charge in [0.05, 0.1) is 11.0 Å². The summed E-state index contributed by atoms with van der Waals surface area (Å²) in [7, 11) is -3.54. The second-order valence-electron chi connectivity index (χ2n) is 7.82. The number of aliphatic hydroxyl groups excluding tert-OH is 1. The standard InChI is InChI=1S/C24H25NO5S/c26-23(18-7-3-1-4-8-18)19-13-15-25(16-14-19)24(27)22-12-11-20(30-22)17-31(28,29)21-9-5-2-6-10-21/h1-12,19,23,26H,13-17H2/t23-/m1/s1. The zero-order chi connectivity index (χ0) is 21.8. The minimum Gasteiger partial charge on any atom is -0.455 e. The maximum atomic E-state index is 12.8. The van der Waals surface area contributed by atoms with E-state index in [0.717, 1.165) is 5.56 Å². The van der Waals surface area contributed by atoms with Gasteiger partial charge in [0.1, 0.15) is 11.5 Å². The van der Waals surface area contributed by atoms with Gasteiger partial charge in [-0.25, -0.2) is 8.42 Å². The molecule has 0 bridgehead atoms. The average Bonchev–Trinajstić information content (AvgIpc) is 3.27. The lowest BCUT2D eigenvalue weighted by atomic mass is 9.87. The van der Waals surface area contributed by atoms with E-state index in [1.807, 2.05) is 30.3 Å². The number of furan rings is 1. The maximum absolute atomic E-state index is 12.8. The van der Waals surface area contributed by atoms with Gasteiger partial charge in [0.2, 0.25) is 0 Å². The third kappa shape index (κ3) is 4.89. The van der Waals surface area contributed by atoms with Crippen LogP contribution in [-0.4, -0.2) is 37.4 Å². The summed E-state index contributed by atoms with van der Waals surface area (Å²) in [5.74, 6) is -0.0807. The molecule has 1 saturated heterocycles. The van der Waals surface area contributed by atoms with E-state index in [2.05, 4.69) is 0 Å². The fourth-order valence-corrected chi connectivity index (χ4v) is 5.23.